The summed E-state index contributed by atoms with van der Waals surface area (Å²) in [5.41, 5.74) is 12.3. The van der Waals surface area contributed by atoms with E-state index in [-0.39, 0.29) is 0 Å². The van der Waals surface area contributed by atoms with Crippen molar-refractivity contribution in [3.05, 3.63) is 88.6 Å². The number of nitrogens with zero attached hydrogens (tertiary/aromatic N) is 4. The number of aromatic nitrogens is 4. The predicted octanol–water partition coefficient (Wildman–Crippen LogP) is 5.55. The van der Waals surface area contributed by atoms with E-state index in [4.69, 9.17) is 10.5 Å². The molecule has 2 aromatic carbocycles. The lowest BCUT2D eigenvalue weighted by Gasteiger charge is -2.22. The van der Waals surface area contributed by atoms with Gasteiger partial charge in [-0.25, -0.2) is 14.6 Å². The number of fused-ring (bicyclic) bond motifs is 1. The molecule has 0 amide bonds. The lowest BCUT2D eigenvalue weighted by molar-refractivity contribution is -0.125. The van der Waals surface area contributed by atoms with Crippen molar-refractivity contribution in [3.8, 4) is 0 Å². The third-order valence-electron chi connectivity index (χ3n) is 5.58. The molecule has 0 spiro atoms. The molecular formula is C27H31N5O2. The Morgan fingerprint density at radius 1 is 1.06 bits per heavy atom. The summed E-state index contributed by atoms with van der Waals surface area (Å²) in [5, 5.41) is 5.36. The third kappa shape index (κ3) is 4.69. The van der Waals surface area contributed by atoms with Gasteiger partial charge in [0, 0.05) is 5.57 Å². The molecule has 7 nitrogen and oxygen atoms in total. The summed E-state index contributed by atoms with van der Waals surface area (Å²) in [6.07, 6.45) is 1.41. The average Bonchev–Trinajstić information content (AvgIpc) is 3.18. The normalized spacial score (nSPS) is 12.4. The van der Waals surface area contributed by atoms with Gasteiger partial charge in [-0.2, -0.15) is 5.10 Å². The third-order valence-corrected chi connectivity index (χ3v) is 5.58. The van der Waals surface area contributed by atoms with Crippen molar-refractivity contribution in [2.45, 2.75) is 47.6 Å². The highest BCUT2D eigenvalue weighted by molar-refractivity contribution is 5.88. The fourth-order valence-corrected chi connectivity index (χ4v) is 4.05. The lowest BCUT2D eigenvalue weighted by atomic mass is 9.91. The minimum Gasteiger partial charge on any atom is -0.430 e. The van der Waals surface area contributed by atoms with E-state index in [0.29, 0.717) is 34.8 Å². The molecule has 176 valence electrons. The van der Waals surface area contributed by atoms with Crippen LogP contribution in [0, 0.1) is 20.8 Å². The first-order valence-corrected chi connectivity index (χ1v) is 11.3. The number of hydrogen-bond donors (Lipinski definition) is 1. The zero-order chi connectivity index (χ0) is 24.8. The minimum absolute atomic E-state index is 0.366. The van der Waals surface area contributed by atoms with Gasteiger partial charge in [0.1, 0.15) is 23.9 Å². The maximum atomic E-state index is 11.7. The second-order valence-corrected chi connectivity index (χ2v) is 7.80. The molecule has 0 aliphatic rings. The van der Waals surface area contributed by atoms with E-state index < -0.39 is 6.04 Å². The standard InChI is InChI=1S/C25H25N5O2.C2H6/c1-15-8-7-10-19(12-15)22(20-11-6-5-9-16(20)2)23(32-14-31)18(4)30-25-21(17(3)29-30)24(26)27-13-28-25;1-2/h5-14,18H,1-4H3,(H2,26,27,28);1-2H3/b23-22-;. The molecule has 2 aromatic heterocycles. The number of ether oxygens (including phenoxy) is 1. The van der Waals surface area contributed by atoms with Crippen molar-refractivity contribution in [2.24, 2.45) is 0 Å². The van der Waals surface area contributed by atoms with Crippen molar-refractivity contribution < 1.29 is 9.53 Å². The molecule has 0 saturated carbocycles. The quantitative estimate of drug-likeness (QED) is 0.301. The summed E-state index contributed by atoms with van der Waals surface area (Å²) >= 11 is 0. The Labute approximate surface area is 200 Å². The maximum Gasteiger partial charge on any atom is 0.298 e. The van der Waals surface area contributed by atoms with E-state index >= 15 is 0 Å². The Morgan fingerprint density at radius 3 is 2.47 bits per heavy atom. The van der Waals surface area contributed by atoms with Crippen LogP contribution in [0.25, 0.3) is 16.6 Å². The van der Waals surface area contributed by atoms with Gasteiger partial charge in [0.25, 0.3) is 6.47 Å². The fourth-order valence-electron chi connectivity index (χ4n) is 4.05. The second-order valence-electron chi connectivity index (χ2n) is 7.80. The number of allylic oxidation sites excluding steroid dienone is 1. The number of nitrogens with two attached hydrogens (primary N) is 1. The monoisotopic (exact) mass is 457 g/mol. The molecule has 0 fully saturated rings. The molecule has 0 aliphatic carbocycles. The molecule has 1 atom stereocenters. The molecule has 34 heavy (non-hydrogen) atoms. The summed E-state index contributed by atoms with van der Waals surface area (Å²) < 4.78 is 7.41. The van der Waals surface area contributed by atoms with Crippen LogP contribution in [-0.2, 0) is 9.53 Å². The molecule has 0 radical (unpaired) electrons. The van der Waals surface area contributed by atoms with Gasteiger partial charge in [0.15, 0.2) is 5.65 Å². The van der Waals surface area contributed by atoms with Crippen LogP contribution in [0.15, 0.2) is 60.6 Å². The highest BCUT2D eigenvalue weighted by Crippen LogP contribution is 2.36. The first-order valence-electron chi connectivity index (χ1n) is 11.3. The van der Waals surface area contributed by atoms with E-state index in [2.05, 4.69) is 21.1 Å². The Hall–Kier alpha value is -4.00. The van der Waals surface area contributed by atoms with Gasteiger partial charge in [-0.05, 0) is 44.4 Å². The van der Waals surface area contributed by atoms with Gasteiger partial charge in [-0.1, -0.05) is 67.9 Å². The molecule has 0 aliphatic heterocycles. The first kappa shape index (κ1) is 24.6. The van der Waals surface area contributed by atoms with Gasteiger partial charge in [-0.3, -0.25) is 4.79 Å². The minimum atomic E-state index is -0.444. The van der Waals surface area contributed by atoms with Crippen LogP contribution in [0.5, 0.6) is 0 Å². The Bertz CT molecular complexity index is 1340. The lowest BCUT2D eigenvalue weighted by Crippen LogP contribution is -2.15. The summed E-state index contributed by atoms with van der Waals surface area (Å²) in [6, 6.07) is 15.7. The second kappa shape index (κ2) is 10.7. The van der Waals surface area contributed by atoms with Gasteiger partial charge in [-0.15, -0.1) is 0 Å². The number of aryl methyl sites for hydroxylation is 3. The highest BCUT2D eigenvalue weighted by atomic mass is 16.5. The number of benzene rings is 2. The van der Waals surface area contributed by atoms with Crippen LogP contribution >= 0.6 is 0 Å². The van der Waals surface area contributed by atoms with Crippen LogP contribution in [-0.4, -0.2) is 26.2 Å². The van der Waals surface area contributed by atoms with Crippen molar-refractivity contribution in [1.82, 2.24) is 19.7 Å². The molecule has 2 heterocycles. The van der Waals surface area contributed by atoms with Crippen LogP contribution in [0.1, 0.15) is 54.8 Å². The highest BCUT2D eigenvalue weighted by Gasteiger charge is 2.25. The van der Waals surface area contributed by atoms with Crippen molar-refractivity contribution >= 4 is 28.9 Å². The van der Waals surface area contributed by atoms with Gasteiger partial charge >= 0.3 is 0 Å². The smallest absolute Gasteiger partial charge is 0.298 e. The molecule has 0 saturated heterocycles. The van der Waals surface area contributed by atoms with Crippen molar-refractivity contribution in [1.29, 1.82) is 0 Å². The number of hydrogen-bond acceptors (Lipinski definition) is 6. The molecule has 4 rings (SSSR count). The summed E-state index contributed by atoms with van der Waals surface area (Å²) in [5.74, 6) is 0.840. The number of anilines is 1. The van der Waals surface area contributed by atoms with E-state index in [1.807, 2.05) is 84.0 Å². The zero-order valence-electron chi connectivity index (χ0n) is 20.5. The molecule has 1 unspecified atom stereocenters. The van der Waals surface area contributed by atoms with E-state index in [1.165, 1.54) is 6.33 Å². The topological polar surface area (TPSA) is 95.9 Å². The van der Waals surface area contributed by atoms with Gasteiger partial charge in [0.05, 0.1) is 11.1 Å². The summed E-state index contributed by atoms with van der Waals surface area (Å²) in [6.45, 7) is 12.3. The summed E-state index contributed by atoms with van der Waals surface area (Å²) in [4.78, 5) is 20.2. The Morgan fingerprint density at radius 2 is 1.79 bits per heavy atom. The summed E-state index contributed by atoms with van der Waals surface area (Å²) in [7, 11) is 0. The zero-order valence-corrected chi connectivity index (χ0v) is 20.5. The number of carbonyl (C=O) groups excluding carboxylic acids is 1. The fraction of sp³-hybridized carbons (Fsp3) is 0.259. The molecule has 4 aromatic rings. The van der Waals surface area contributed by atoms with E-state index in [1.54, 1.807) is 4.68 Å². The molecular weight excluding hydrogens is 426 g/mol. The average molecular weight is 458 g/mol. The molecule has 2 N–H and O–H groups in total. The van der Waals surface area contributed by atoms with Crippen LogP contribution in [0.4, 0.5) is 5.82 Å². The van der Waals surface area contributed by atoms with Gasteiger partial charge in [0.2, 0.25) is 0 Å². The van der Waals surface area contributed by atoms with Gasteiger partial charge < -0.3 is 10.5 Å². The maximum absolute atomic E-state index is 11.7. The number of carbonyl (C=O) groups is 1. The van der Waals surface area contributed by atoms with E-state index in [9.17, 15) is 4.79 Å². The molecule has 7 heteroatoms. The number of rotatable bonds is 6. The van der Waals surface area contributed by atoms with Crippen LogP contribution in [0.2, 0.25) is 0 Å². The van der Waals surface area contributed by atoms with Crippen molar-refractivity contribution in [2.75, 3.05) is 5.73 Å². The first-order chi connectivity index (χ1) is 16.4. The SMILES string of the molecule is CC.Cc1cccc(/C(=C(/OC=O)C(C)n2nc(C)c3c(N)ncnc32)c2ccccc2C)c1. The Balaban J connectivity index is 0.00000158. The predicted molar refractivity (Wildman–Crippen MR) is 136 cm³/mol. The number of nitrogen functional groups attached to an aromatic ring is 1. The van der Waals surface area contributed by atoms with E-state index in [0.717, 1.165) is 27.8 Å². The Kier molecular flexibility index (Phi) is 7.79. The van der Waals surface area contributed by atoms with Crippen LogP contribution < -0.4 is 5.73 Å². The largest absolute Gasteiger partial charge is 0.430 e. The molecule has 0 bridgehead atoms. The van der Waals surface area contributed by atoms with Crippen LogP contribution in [0.3, 0.4) is 0 Å². The van der Waals surface area contributed by atoms with Crippen molar-refractivity contribution in [3.63, 3.8) is 0 Å².